The Labute approximate surface area is 186 Å². The quantitative estimate of drug-likeness (QED) is 0.351. The van der Waals surface area contributed by atoms with Gasteiger partial charge in [0, 0.05) is 12.1 Å². The lowest BCUT2D eigenvalue weighted by atomic mass is 9.95. The van der Waals surface area contributed by atoms with E-state index in [1.54, 1.807) is 42.5 Å². The highest BCUT2D eigenvalue weighted by molar-refractivity contribution is 6.46. The fraction of sp³-hybridized carbons (Fsp3) is 0.154. The topological polar surface area (TPSA) is 87.1 Å². The molecule has 3 aromatic rings. The lowest BCUT2D eigenvalue weighted by Crippen LogP contribution is -2.31. The summed E-state index contributed by atoms with van der Waals surface area (Å²) in [5.74, 6) is -1.48. The van der Waals surface area contributed by atoms with Crippen LogP contribution in [0.3, 0.4) is 0 Å². The van der Waals surface area contributed by atoms with Crippen molar-refractivity contribution in [1.82, 2.24) is 4.90 Å². The zero-order chi connectivity index (χ0) is 22.7. The number of phenols is 1. The molecule has 1 fully saturated rings. The van der Waals surface area contributed by atoms with Crippen molar-refractivity contribution in [2.45, 2.75) is 12.5 Å². The number of ether oxygens (including phenoxy) is 1. The third kappa shape index (κ3) is 3.95. The van der Waals surface area contributed by atoms with Gasteiger partial charge in [-0.05, 0) is 29.7 Å². The second kappa shape index (κ2) is 8.98. The minimum atomic E-state index is -0.812. The van der Waals surface area contributed by atoms with E-state index in [1.807, 2.05) is 30.3 Å². The molecule has 1 saturated heterocycles. The molecule has 32 heavy (non-hydrogen) atoms. The van der Waals surface area contributed by atoms with Gasteiger partial charge < -0.3 is 19.8 Å². The minimum Gasteiger partial charge on any atom is -0.507 e. The minimum absolute atomic E-state index is 0.0157. The van der Waals surface area contributed by atoms with Crippen molar-refractivity contribution in [2.24, 2.45) is 0 Å². The molecular formula is C26H23NO5. The summed E-state index contributed by atoms with van der Waals surface area (Å²) in [5, 5.41) is 21.0. The van der Waals surface area contributed by atoms with Gasteiger partial charge in [0.15, 0.2) is 11.5 Å². The van der Waals surface area contributed by atoms with Crippen LogP contribution in [0.15, 0.2) is 84.4 Å². The number of hydrogen-bond acceptors (Lipinski definition) is 5. The number of aliphatic hydroxyl groups is 1. The van der Waals surface area contributed by atoms with E-state index in [0.717, 1.165) is 5.56 Å². The normalized spacial score (nSPS) is 17.5. The molecule has 1 atom stereocenters. The molecule has 2 N–H and O–H groups in total. The van der Waals surface area contributed by atoms with E-state index in [1.165, 1.54) is 18.1 Å². The molecule has 4 rings (SSSR count). The van der Waals surface area contributed by atoms with Crippen molar-refractivity contribution in [3.05, 3.63) is 101 Å². The molecule has 0 aromatic heterocycles. The molecule has 162 valence electrons. The Bertz CT molecular complexity index is 1170. The van der Waals surface area contributed by atoms with Crippen LogP contribution in [-0.4, -0.2) is 40.5 Å². The number of carbonyl (C=O) groups is 2. The van der Waals surface area contributed by atoms with Gasteiger partial charge in [-0.25, -0.2) is 0 Å². The number of ketones is 1. The molecule has 0 bridgehead atoms. The number of nitrogens with zero attached hydrogens (tertiary/aromatic N) is 1. The molecule has 6 nitrogen and oxygen atoms in total. The van der Waals surface area contributed by atoms with Crippen LogP contribution in [0, 0.1) is 0 Å². The summed E-state index contributed by atoms with van der Waals surface area (Å²) < 4.78 is 5.23. The van der Waals surface area contributed by atoms with E-state index < -0.39 is 17.7 Å². The maximum Gasteiger partial charge on any atom is 0.295 e. The van der Waals surface area contributed by atoms with Crippen molar-refractivity contribution in [3.63, 3.8) is 0 Å². The Morgan fingerprint density at radius 2 is 1.62 bits per heavy atom. The van der Waals surface area contributed by atoms with Crippen molar-refractivity contribution in [2.75, 3.05) is 13.7 Å². The van der Waals surface area contributed by atoms with E-state index in [0.29, 0.717) is 17.5 Å². The standard InChI is InChI=1S/C26H23NO5/c1-32-21-16-19(12-13-20(21)28)23-22(24(29)18-10-6-3-7-11-18)25(30)26(31)27(23)15-14-17-8-4-2-5-9-17/h2-13,16,23,28-29H,14-15H2,1H3/b24-22+. The number of benzene rings is 3. The van der Waals surface area contributed by atoms with Crippen LogP contribution in [0.4, 0.5) is 0 Å². The van der Waals surface area contributed by atoms with Crippen LogP contribution in [-0.2, 0) is 16.0 Å². The Morgan fingerprint density at radius 1 is 0.969 bits per heavy atom. The fourth-order valence-corrected chi connectivity index (χ4v) is 3.97. The summed E-state index contributed by atoms with van der Waals surface area (Å²) in [7, 11) is 1.43. The van der Waals surface area contributed by atoms with Crippen molar-refractivity contribution < 1.29 is 24.5 Å². The Balaban J connectivity index is 1.81. The first-order chi connectivity index (χ1) is 15.5. The Hall–Kier alpha value is -4.06. The van der Waals surface area contributed by atoms with Gasteiger partial charge in [-0.3, -0.25) is 9.59 Å². The molecule has 1 aliphatic rings. The van der Waals surface area contributed by atoms with Crippen LogP contribution in [0.5, 0.6) is 11.5 Å². The third-order valence-corrected chi connectivity index (χ3v) is 5.59. The molecular weight excluding hydrogens is 406 g/mol. The molecule has 0 radical (unpaired) electrons. The molecule has 1 aliphatic heterocycles. The van der Waals surface area contributed by atoms with Gasteiger partial charge in [0.05, 0.1) is 18.7 Å². The zero-order valence-corrected chi connectivity index (χ0v) is 17.6. The second-order valence-electron chi connectivity index (χ2n) is 7.53. The van der Waals surface area contributed by atoms with Crippen molar-refractivity contribution in [1.29, 1.82) is 0 Å². The van der Waals surface area contributed by atoms with Gasteiger partial charge in [0.25, 0.3) is 11.7 Å². The molecule has 0 aliphatic carbocycles. The van der Waals surface area contributed by atoms with Gasteiger partial charge in [-0.15, -0.1) is 0 Å². The van der Waals surface area contributed by atoms with Crippen LogP contribution in [0.2, 0.25) is 0 Å². The number of methoxy groups -OCH3 is 1. The van der Waals surface area contributed by atoms with Crippen LogP contribution >= 0.6 is 0 Å². The summed E-state index contributed by atoms with van der Waals surface area (Å²) in [5.41, 5.74) is 2.05. The van der Waals surface area contributed by atoms with E-state index in [4.69, 9.17) is 4.74 Å². The van der Waals surface area contributed by atoms with Crippen molar-refractivity contribution in [3.8, 4) is 11.5 Å². The lowest BCUT2D eigenvalue weighted by Gasteiger charge is -2.26. The van der Waals surface area contributed by atoms with Gasteiger partial charge >= 0.3 is 0 Å². The van der Waals surface area contributed by atoms with Crippen LogP contribution in [0.25, 0.3) is 5.76 Å². The number of Topliss-reactive ketones (excluding diaryl/α,β-unsaturated/α-hetero) is 1. The van der Waals surface area contributed by atoms with Crippen molar-refractivity contribution >= 4 is 17.4 Å². The monoisotopic (exact) mass is 429 g/mol. The fourth-order valence-electron chi connectivity index (χ4n) is 3.97. The highest BCUT2D eigenvalue weighted by Crippen LogP contribution is 2.41. The summed E-state index contributed by atoms with van der Waals surface area (Å²) in [4.78, 5) is 27.6. The van der Waals surface area contributed by atoms with E-state index in [2.05, 4.69) is 0 Å². The first-order valence-electron chi connectivity index (χ1n) is 10.3. The average Bonchev–Trinajstić information content (AvgIpc) is 3.08. The molecule has 1 heterocycles. The summed E-state index contributed by atoms with van der Waals surface area (Å²) in [6, 6.07) is 22.2. The third-order valence-electron chi connectivity index (χ3n) is 5.59. The number of hydrogen-bond donors (Lipinski definition) is 2. The molecule has 1 unspecified atom stereocenters. The van der Waals surface area contributed by atoms with Gasteiger partial charge in [-0.2, -0.15) is 0 Å². The number of phenolic OH excluding ortho intramolecular Hbond substituents is 1. The maximum atomic E-state index is 13.1. The van der Waals surface area contributed by atoms with Gasteiger partial charge in [-0.1, -0.05) is 66.7 Å². The number of aliphatic hydroxyl groups excluding tert-OH is 1. The number of carbonyl (C=O) groups excluding carboxylic acids is 2. The Morgan fingerprint density at radius 3 is 2.28 bits per heavy atom. The van der Waals surface area contributed by atoms with Crippen LogP contribution < -0.4 is 4.74 Å². The molecule has 6 heteroatoms. The van der Waals surface area contributed by atoms with E-state index >= 15 is 0 Å². The second-order valence-corrected chi connectivity index (χ2v) is 7.53. The largest absolute Gasteiger partial charge is 0.507 e. The molecule has 0 spiro atoms. The molecule has 1 amide bonds. The number of aromatic hydroxyl groups is 1. The highest BCUT2D eigenvalue weighted by Gasteiger charge is 2.46. The van der Waals surface area contributed by atoms with Gasteiger partial charge in [0.2, 0.25) is 0 Å². The van der Waals surface area contributed by atoms with E-state index in [9.17, 15) is 19.8 Å². The summed E-state index contributed by atoms with van der Waals surface area (Å²) in [6.45, 7) is 0.286. The first-order valence-corrected chi connectivity index (χ1v) is 10.3. The smallest absolute Gasteiger partial charge is 0.295 e. The zero-order valence-electron chi connectivity index (χ0n) is 17.6. The Kier molecular flexibility index (Phi) is 5.94. The van der Waals surface area contributed by atoms with Gasteiger partial charge in [0.1, 0.15) is 5.76 Å². The maximum absolute atomic E-state index is 13.1. The number of likely N-dealkylation sites (tertiary alicyclic amines) is 1. The van der Waals surface area contributed by atoms with E-state index in [-0.39, 0.29) is 29.4 Å². The first kappa shape index (κ1) is 21.2. The number of amides is 1. The summed E-state index contributed by atoms with van der Waals surface area (Å²) >= 11 is 0. The predicted octanol–water partition coefficient (Wildman–Crippen LogP) is 4.07. The molecule has 0 saturated carbocycles. The SMILES string of the molecule is COc1cc(C2/C(=C(\O)c3ccccc3)C(=O)C(=O)N2CCc2ccccc2)ccc1O. The highest BCUT2D eigenvalue weighted by atomic mass is 16.5. The molecule has 3 aromatic carbocycles. The average molecular weight is 429 g/mol. The summed E-state index contributed by atoms with van der Waals surface area (Å²) in [6.07, 6.45) is 0.547. The van der Waals surface area contributed by atoms with Crippen LogP contribution in [0.1, 0.15) is 22.7 Å². The number of rotatable bonds is 6. The lowest BCUT2D eigenvalue weighted by molar-refractivity contribution is -0.139. The predicted molar refractivity (Wildman–Crippen MR) is 120 cm³/mol.